The van der Waals surface area contributed by atoms with Crippen LogP contribution in [0.1, 0.15) is 5.56 Å². The maximum absolute atomic E-state index is 10.4. The SMILES string of the molecule is O=CNc1ncccc1OCc1ccccc1. The van der Waals surface area contributed by atoms with Gasteiger partial charge in [-0.2, -0.15) is 0 Å². The molecule has 0 radical (unpaired) electrons. The van der Waals surface area contributed by atoms with Gasteiger partial charge in [-0.15, -0.1) is 0 Å². The Bertz CT molecular complexity index is 486. The summed E-state index contributed by atoms with van der Waals surface area (Å²) in [6.45, 7) is 0.445. The lowest BCUT2D eigenvalue weighted by molar-refractivity contribution is -0.105. The van der Waals surface area contributed by atoms with Crippen molar-refractivity contribution in [1.82, 2.24) is 4.98 Å². The monoisotopic (exact) mass is 228 g/mol. The fourth-order valence-electron chi connectivity index (χ4n) is 1.41. The second kappa shape index (κ2) is 5.65. The van der Waals surface area contributed by atoms with Gasteiger partial charge in [-0.1, -0.05) is 30.3 Å². The normalized spacial score (nSPS) is 9.65. The molecule has 0 saturated carbocycles. The quantitative estimate of drug-likeness (QED) is 0.798. The van der Waals surface area contributed by atoms with Gasteiger partial charge in [0.05, 0.1) is 0 Å². The van der Waals surface area contributed by atoms with Gasteiger partial charge >= 0.3 is 0 Å². The summed E-state index contributed by atoms with van der Waals surface area (Å²) in [6, 6.07) is 13.3. The number of hydrogen-bond donors (Lipinski definition) is 1. The number of carbonyl (C=O) groups is 1. The van der Waals surface area contributed by atoms with Crippen molar-refractivity contribution in [2.75, 3.05) is 5.32 Å². The molecule has 1 aromatic carbocycles. The first kappa shape index (κ1) is 11.1. The maximum atomic E-state index is 10.4. The molecule has 0 bridgehead atoms. The topological polar surface area (TPSA) is 51.2 Å². The van der Waals surface area contributed by atoms with E-state index in [9.17, 15) is 4.79 Å². The molecule has 2 rings (SSSR count). The molecule has 4 heteroatoms. The van der Waals surface area contributed by atoms with Gasteiger partial charge in [0.15, 0.2) is 11.6 Å². The minimum Gasteiger partial charge on any atom is -0.485 e. The lowest BCUT2D eigenvalue weighted by Crippen LogP contribution is -2.02. The number of nitrogens with zero attached hydrogens (tertiary/aromatic N) is 1. The summed E-state index contributed by atoms with van der Waals surface area (Å²) in [6.07, 6.45) is 2.18. The number of ether oxygens (including phenoxy) is 1. The van der Waals surface area contributed by atoms with Crippen molar-refractivity contribution in [1.29, 1.82) is 0 Å². The van der Waals surface area contributed by atoms with Crippen molar-refractivity contribution in [3.05, 3.63) is 54.2 Å². The molecule has 0 saturated heterocycles. The fraction of sp³-hybridized carbons (Fsp3) is 0.0769. The molecule has 0 atom stereocenters. The molecule has 17 heavy (non-hydrogen) atoms. The van der Waals surface area contributed by atoms with Gasteiger partial charge < -0.3 is 10.1 Å². The van der Waals surface area contributed by atoms with Gasteiger partial charge in [-0.05, 0) is 17.7 Å². The van der Waals surface area contributed by atoms with Crippen LogP contribution in [0.5, 0.6) is 5.75 Å². The molecular weight excluding hydrogens is 216 g/mol. The molecule has 4 nitrogen and oxygen atoms in total. The molecule has 1 aromatic heterocycles. The van der Waals surface area contributed by atoms with Crippen molar-refractivity contribution in [3.8, 4) is 5.75 Å². The number of aromatic nitrogens is 1. The third-order valence-corrected chi connectivity index (χ3v) is 2.20. The molecule has 2 aromatic rings. The second-order valence-electron chi connectivity index (χ2n) is 3.39. The Labute approximate surface area is 99.3 Å². The van der Waals surface area contributed by atoms with Crippen LogP contribution in [0.15, 0.2) is 48.7 Å². The summed E-state index contributed by atoms with van der Waals surface area (Å²) < 4.78 is 5.59. The van der Waals surface area contributed by atoms with Crippen LogP contribution in [0.3, 0.4) is 0 Å². The first-order chi connectivity index (χ1) is 8.40. The Morgan fingerprint density at radius 3 is 2.76 bits per heavy atom. The van der Waals surface area contributed by atoms with Crippen LogP contribution >= 0.6 is 0 Å². The Morgan fingerprint density at radius 1 is 1.18 bits per heavy atom. The number of rotatable bonds is 5. The number of pyridine rings is 1. The van der Waals surface area contributed by atoms with Gasteiger partial charge in [0.1, 0.15) is 6.61 Å². The number of hydrogen-bond acceptors (Lipinski definition) is 3. The Morgan fingerprint density at radius 2 is 2.00 bits per heavy atom. The highest BCUT2D eigenvalue weighted by molar-refractivity contribution is 5.72. The number of carbonyl (C=O) groups excluding carboxylic acids is 1. The van der Waals surface area contributed by atoms with E-state index in [2.05, 4.69) is 10.3 Å². The molecule has 0 aliphatic carbocycles. The van der Waals surface area contributed by atoms with E-state index in [0.717, 1.165) is 5.56 Å². The minimum absolute atomic E-state index is 0.429. The van der Waals surface area contributed by atoms with E-state index in [1.807, 2.05) is 30.3 Å². The molecule has 0 aliphatic heterocycles. The van der Waals surface area contributed by atoms with Crippen LogP contribution in [-0.4, -0.2) is 11.4 Å². The van der Waals surface area contributed by atoms with Crippen LogP contribution in [0.4, 0.5) is 5.82 Å². The van der Waals surface area contributed by atoms with Crippen molar-refractivity contribution in [3.63, 3.8) is 0 Å². The van der Waals surface area contributed by atoms with Gasteiger partial charge in [-0.25, -0.2) is 4.98 Å². The van der Waals surface area contributed by atoms with Crippen LogP contribution in [0.2, 0.25) is 0 Å². The average molecular weight is 228 g/mol. The first-order valence-electron chi connectivity index (χ1n) is 5.22. The molecule has 0 aliphatic rings. The summed E-state index contributed by atoms with van der Waals surface area (Å²) in [5.74, 6) is 0.988. The van der Waals surface area contributed by atoms with Gasteiger partial charge in [0.2, 0.25) is 6.41 Å². The summed E-state index contributed by atoms with van der Waals surface area (Å²) >= 11 is 0. The molecule has 1 heterocycles. The Kier molecular flexibility index (Phi) is 3.70. The van der Waals surface area contributed by atoms with E-state index in [0.29, 0.717) is 24.6 Å². The van der Waals surface area contributed by atoms with Gasteiger partial charge in [0.25, 0.3) is 0 Å². The average Bonchev–Trinajstić information content (AvgIpc) is 2.39. The van der Waals surface area contributed by atoms with E-state index in [-0.39, 0.29) is 0 Å². The summed E-state index contributed by atoms with van der Waals surface area (Å²) in [5, 5.41) is 2.50. The smallest absolute Gasteiger partial charge is 0.212 e. The molecule has 0 spiro atoms. The Balaban J connectivity index is 2.06. The summed E-state index contributed by atoms with van der Waals surface area (Å²) in [7, 11) is 0. The highest BCUT2D eigenvalue weighted by atomic mass is 16.5. The van der Waals surface area contributed by atoms with E-state index < -0.39 is 0 Å². The lowest BCUT2D eigenvalue weighted by atomic mass is 10.2. The van der Waals surface area contributed by atoms with Crippen LogP contribution in [0, 0.1) is 0 Å². The predicted octanol–water partition coefficient (Wildman–Crippen LogP) is 2.23. The number of amides is 1. The number of benzene rings is 1. The number of anilines is 1. The van der Waals surface area contributed by atoms with Crippen molar-refractivity contribution in [2.24, 2.45) is 0 Å². The van der Waals surface area contributed by atoms with E-state index in [4.69, 9.17) is 4.74 Å². The standard InChI is InChI=1S/C13H12N2O2/c16-10-15-13-12(7-4-8-14-13)17-9-11-5-2-1-3-6-11/h1-8,10H,9H2,(H,14,15,16). The van der Waals surface area contributed by atoms with Crippen LogP contribution in [0.25, 0.3) is 0 Å². The highest BCUT2D eigenvalue weighted by Gasteiger charge is 2.03. The molecule has 0 unspecified atom stereocenters. The van der Waals surface area contributed by atoms with Crippen molar-refractivity contribution in [2.45, 2.75) is 6.61 Å². The maximum Gasteiger partial charge on any atom is 0.212 e. The third kappa shape index (κ3) is 3.04. The van der Waals surface area contributed by atoms with Crippen molar-refractivity contribution >= 4 is 12.2 Å². The zero-order valence-corrected chi connectivity index (χ0v) is 9.17. The molecule has 1 amide bonds. The zero-order chi connectivity index (χ0) is 11.9. The van der Waals surface area contributed by atoms with E-state index >= 15 is 0 Å². The van der Waals surface area contributed by atoms with Crippen molar-refractivity contribution < 1.29 is 9.53 Å². The fourth-order valence-corrected chi connectivity index (χ4v) is 1.41. The number of nitrogens with one attached hydrogen (secondary N) is 1. The summed E-state index contributed by atoms with van der Waals surface area (Å²) in [4.78, 5) is 14.4. The lowest BCUT2D eigenvalue weighted by Gasteiger charge is -2.09. The third-order valence-electron chi connectivity index (χ3n) is 2.20. The minimum atomic E-state index is 0.429. The second-order valence-corrected chi connectivity index (χ2v) is 3.39. The molecule has 86 valence electrons. The largest absolute Gasteiger partial charge is 0.485 e. The first-order valence-corrected chi connectivity index (χ1v) is 5.22. The summed E-state index contributed by atoms with van der Waals surface area (Å²) in [5.41, 5.74) is 1.06. The highest BCUT2D eigenvalue weighted by Crippen LogP contribution is 2.21. The molecular formula is C13H12N2O2. The van der Waals surface area contributed by atoms with Crippen LogP contribution < -0.4 is 10.1 Å². The Hall–Kier alpha value is -2.36. The van der Waals surface area contributed by atoms with E-state index in [1.54, 1.807) is 18.3 Å². The van der Waals surface area contributed by atoms with Gasteiger partial charge in [0, 0.05) is 6.20 Å². The predicted molar refractivity (Wildman–Crippen MR) is 64.7 cm³/mol. The zero-order valence-electron chi connectivity index (χ0n) is 9.17. The molecule has 0 fully saturated rings. The van der Waals surface area contributed by atoms with E-state index in [1.165, 1.54) is 0 Å². The van der Waals surface area contributed by atoms with Crippen LogP contribution in [-0.2, 0) is 11.4 Å². The molecule has 1 N–H and O–H groups in total. The van der Waals surface area contributed by atoms with Gasteiger partial charge in [-0.3, -0.25) is 4.79 Å².